The molecule has 4 fully saturated rings. The molecule has 2 N–H and O–H groups in total. The second-order valence-corrected chi connectivity index (χ2v) is 18.4. The predicted octanol–water partition coefficient (Wildman–Crippen LogP) is 7.59. The van der Waals surface area contributed by atoms with Crippen molar-refractivity contribution in [2.75, 3.05) is 26.0 Å². The minimum absolute atomic E-state index is 0.221. The predicted molar refractivity (Wildman–Crippen MR) is 227 cm³/mol. The van der Waals surface area contributed by atoms with Gasteiger partial charge in [-0.05, 0) is 131 Å². The van der Waals surface area contributed by atoms with Crippen LogP contribution in [0.5, 0.6) is 5.75 Å². The van der Waals surface area contributed by atoms with Crippen LogP contribution in [0.2, 0.25) is 0 Å². The molecule has 1 spiro atoms. The van der Waals surface area contributed by atoms with E-state index in [2.05, 4.69) is 33.6 Å². The summed E-state index contributed by atoms with van der Waals surface area (Å²) in [7, 11) is 5.53. The number of imide groups is 1. The summed E-state index contributed by atoms with van der Waals surface area (Å²) in [5, 5.41) is 10.7. The number of hydrogen-bond donors (Lipinski definition) is 2. The standard InChI is InChI=1S/C46H53F3N8O5/c1-54(31-16-18-45(19-17-31)23-28(24-45)20-29-6-4-8-36-41(29)55(2)44(61)57(36)37-14-15-40(58)52-43(37)60)25-27-10-12-32(13-11-27)56-26-30-21-35(38(62-3)22-34(30)53-56)51-42(59)33-7-5-9-39(50-33)46(47,48)49/h4-9,21-22,26-28,31-32,37H,10-20,23-25H2,1-3H3,(H,51,59)(H,52,58,60). The Balaban J connectivity index is 0.755. The van der Waals surface area contributed by atoms with Crippen molar-refractivity contribution >= 4 is 45.3 Å². The molecular formula is C46H53F3N8O5. The number of nitrogens with zero attached hydrogens (tertiary/aromatic N) is 6. The van der Waals surface area contributed by atoms with Crippen molar-refractivity contribution in [2.45, 2.75) is 108 Å². The highest BCUT2D eigenvalue weighted by Gasteiger charge is 2.46. The van der Waals surface area contributed by atoms with Crippen LogP contribution in [0.1, 0.15) is 111 Å². The number of carbonyl (C=O) groups excluding carboxylic acids is 3. The van der Waals surface area contributed by atoms with Crippen molar-refractivity contribution in [3.8, 4) is 5.75 Å². The fourth-order valence-electron chi connectivity index (χ4n) is 11.2. The molecule has 2 aromatic carbocycles. The first-order chi connectivity index (χ1) is 29.7. The molecule has 4 heterocycles. The number of hydrogen-bond acceptors (Lipinski definition) is 8. The van der Waals surface area contributed by atoms with Gasteiger partial charge in [0.2, 0.25) is 11.8 Å². The lowest BCUT2D eigenvalue weighted by molar-refractivity contribution is -0.141. The van der Waals surface area contributed by atoms with Crippen LogP contribution in [0.3, 0.4) is 0 Å². The van der Waals surface area contributed by atoms with E-state index in [4.69, 9.17) is 9.84 Å². The summed E-state index contributed by atoms with van der Waals surface area (Å²) < 4.78 is 50.4. The molecule has 4 aliphatic rings. The fraction of sp³-hybridized carbons (Fsp3) is 0.522. The highest BCUT2D eigenvalue weighted by atomic mass is 19.4. The topological polar surface area (TPSA) is 145 Å². The van der Waals surface area contributed by atoms with E-state index in [1.165, 1.54) is 51.7 Å². The van der Waals surface area contributed by atoms with Gasteiger partial charge in [0.25, 0.3) is 5.91 Å². The van der Waals surface area contributed by atoms with Gasteiger partial charge in [-0.1, -0.05) is 18.2 Å². The summed E-state index contributed by atoms with van der Waals surface area (Å²) in [6.07, 6.45) is 10.3. The number of aromatic nitrogens is 5. The lowest BCUT2D eigenvalue weighted by Gasteiger charge is -2.53. The number of anilines is 1. The van der Waals surface area contributed by atoms with Gasteiger partial charge in [0.15, 0.2) is 0 Å². The van der Waals surface area contributed by atoms with E-state index in [9.17, 15) is 32.3 Å². The van der Waals surface area contributed by atoms with Gasteiger partial charge in [-0.3, -0.25) is 33.5 Å². The van der Waals surface area contributed by atoms with Gasteiger partial charge in [0.05, 0.1) is 35.4 Å². The lowest BCUT2D eigenvalue weighted by atomic mass is 9.54. The van der Waals surface area contributed by atoms with Crippen LogP contribution < -0.4 is 21.1 Å². The monoisotopic (exact) mass is 854 g/mol. The Hall–Kier alpha value is -5.51. The highest BCUT2D eigenvalue weighted by Crippen LogP contribution is 2.56. The Kier molecular flexibility index (Phi) is 11.0. The van der Waals surface area contributed by atoms with E-state index in [1.54, 1.807) is 28.3 Å². The Morgan fingerprint density at radius 3 is 2.44 bits per heavy atom. The van der Waals surface area contributed by atoms with Crippen LogP contribution in [0.4, 0.5) is 18.9 Å². The number of aryl methyl sites for hydroxylation is 1. The number of imidazole rings is 1. The van der Waals surface area contributed by atoms with Gasteiger partial charge in [-0.15, -0.1) is 0 Å². The SMILES string of the molecule is COc1cc2nn(C3CCC(CN(C)C4CCC5(CC4)CC(Cc4cccc6c4n(C)c(=O)n6C4CCC(=O)NC4=O)C5)CC3)cc2cc1NC(=O)c1cccc(C(F)(F)F)n1. The van der Waals surface area contributed by atoms with Gasteiger partial charge < -0.3 is 15.0 Å². The van der Waals surface area contributed by atoms with Gasteiger partial charge >= 0.3 is 11.9 Å². The Morgan fingerprint density at radius 1 is 0.984 bits per heavy atom. The number of rotatable bonds is 10. The maximum atomic E-state index is 13.4. The molecule has 3 amide bonds. The van der Waals surface area contributed by atoms with Gasteiger partial charge in [0, 0.05) is 43.7 Å². The minimum Gasteiger partial charge on any atom is -0.494 e. The molecule has 0 bridgehead atoms. The number of nitrogens with one attached hydrogen (secondary N) is 2. The highest BCUT2D eigenvalue weighted by molar-refractivity contribution is 6.05. The molecule has 1 aliphatic heterocycles. The van der Waals surface area contributed by atoms with E-state index in [0.29, 0.717) is 46.7 Å². The van der Waals surface area contributed by atoms with E-state index in [0.717, 1.165) is 72.8 Å². The first-order valence-corrected chi connectivity index (χ1v) is 21.8. The van der Waals surface area contributed by atoms with Crippen molar-refractivity contribution in [3.05, 3.63) is 82.2 Å². The number of methoxy groups -OCH3 is 1. The molecule has 5 aromatic rings. The van der Waals surface area contributed by atoms with Crippen LogP contribution in [0.25, 0.3) is 21.9 Å². The number of amides is 3. The summed E-state index contributed by atoms with van der Waals surface area (Å²) in [5.41, 5.74) is 2.51. The van der Waals surface area contributed by atoms with Crippen molar-refractivity contribution in [1.82, 2.24) is 34.1 Å². The average molecular weight is 855 g/mol. The van der Waals surface area contributed by atoms with E-state index in [1.807, 2.05) is 23.0 Å². The molecule has 9 rings (SSSR count). The van der Waals surface area contributed by atoms with Gasteiger partial charge in [-0.2, -0.15) is 18.3 Å². The summed E-state index contributed by atoms with van der Waals surface area (Å²) >= 11 is 0. The Bertz CT molecular complexity index is 2590. The molecule has 1 unspecified atom stereocenters. The van der Waals surface area contributed by atoms with E-state index >= 15 is 0 Å². The molecule has 0 radical (unpaired) electrons. The number of benzene rings is 2. The quantitative estimate of drug-likeness (QED) is 0.137. The molecule has 3 saturated carbocycles. The number of carbonyl (C=O) groups is 3. The number of halogens is 3. The van der Waals surface area contributed by atoms with Gasteiger partial charge in [-0.25, -0.2) is 9.78 Å². The summed E-state index contributed by atoms with van der Waals surface area (Å²) in [5.74, 6) is 0.0466. The van der Waals surface area contributed by atoms with Crippen LogP contribution in [0.15, 0.2) is 59.5 Å². The molecule has 16 heteroatoms. The van der Waals surface area contributed by atoms with Crippen LogP contribution in [0, 0.1) is 17.3 Å². The molecule has 3 aliphatic carbocycles. The number of pyridine rings is 1. The van der Waals surface area contributed by atoms with Crippen molar-refractivity contribution in [3.63, 3.8) is 0 Å². The number of alkyl halides is 3. The zero-order valence-electron chi connectivity index (χ0n) is 35.3. The number of piperidine rings is 1. The normalized spacial score (nSPS) is 25.6. The minimum atomic E-state index is -4.66. The molecule has 13 nitrogen and oxygen atoms in total. The molecule has 62 heavy (non-hydrogen) atoms. The number of fused-ring (bicyclic) bond motifs is 2. The first kappa shape index (κ1) is 41.8. The number of para-hydroxylation sites is 1. The molecule has 328 valence electrons. The van der Waals surface area contributed by atoms with Crippen molar-refractivity contribution in [1.29, 1.82) is 0 Å². The lowest BCUT2D eigenvalue weighted by Crippen LogP contribution is -2.46. The van der Waals surface area contributed by atoms with Crippen molar-refractivity contribution in [2.24, 2.45) is 24.3 Å². The second kappa shape index (κ2) is 16.3. The summed E-state index contributed by atoms with van der Waals surface area (Å²) in [6, 6.07) is 12.8. The van der Waals surface area contributed by atoms with Crippen molar-refractivity contribution < 1.29 is 32.3 Å². The fourth-order valence-corrected chi connectivity index (χ4v) is 11.2. The summed E-state index contributed by atoms with van der Waals surface area (Å²) in [4.78, 5) is 56.9. The maximum Gasteiger partial charge on any atom is 0.433 e. The summed E-state index contributed by atoms with van der Waals surface area (Å²) in [6.45, 7) is 1.08. The molecular weight excluding hydrogens is 802 g/mol. The zero-order valence-corrected chi connectivity index (χ0v) is 35.3. The van der Waals surface area contributed by atoms with E-state index < -0.39 is 29.7 Å². The zero-order chi connectivity index (χ0) is 43.5. The molecule has 1 atom stereocenters. The molecule has 1 saturated heterocycles. The van der Waals surface area contributed by atoms with Crippen LogP contribution in [-0.2, 0) is 29.2 Å². The Labute approximate surface area is 357 Å². The molecule has 3 aromatic heterocycles. The second-order valence-electron chi connectivity index (χ2n) is 18.4. The van der Waals surface area contributed by atoms with Gasteiger partial charge in [0.1, 0.15) is 23.2 Å². The Morgan fingerprint density at radius 2 is 1.73 bits per heavy atom. The smallest absolute Gasteiger partial charge is 0.433 e. The third kappa shape index (κ3) is 8.01. The van der Waals surface area contributed by atoms with Crippen LogP contribution >= 0.6 is 0 Å². The largest absolute Gasteiger partial charge is 0.494 e. The number of ether oxygens (including phenoxy) is 1. The third-order valence-electron chi connectivity index (χ3n) is 14.4. The maximum absolute atomic E-state index is 13.4. The van der Waals surface area contributed by atoms with E-state index in [-0.39, 0.29) is 29.8 Å². The average Bonchev–Trinajstić information content (AvgIpc) is 3.77. The first-order valence-electron chi connectivity index (χ1n) is 21.8. The van der Waals surface area contributed by atoms with Crippen LogP contribution in [-0.4, -0.2) is 73.3 Å². The third-order valence-corrected chi connectivity index (χ3v) is 14.4.